The molecule has 1 aromatic carbocycles. The van der Waals surface area contributed by atoms with Gasteiger partial charge in [-0.2, -0.15) is 0 Å². The molecular weight excluding hydrogens is 382 g/mol. The van der Waals surface area contributed by atoms with Crippen molar-refractivity contribution in [1.82, 2.24) is 20.1 Å². The minimum Gasteiger partial charge on any atom is -0.361 e. The number of anilines is 1. The lowest BCUT2D eigenvalue weighted by molar-refractivity contribution is 0.0963. The number of carbonyl (C=O) groups is 1. The summed E-state index contributed by atoms with van der Waals surface area (Å²) in [5.74, 6) is 0.339. The van der Waals surface area contributed by atoms with Crippen LogP contribution in [0.1, 0.15) is 42.6 Å². The van der Waals surface area contributed by atoms with Gasteiger partial charge < -0.3 is 9.88 Å². The monoisotopic (exact) mass is 411 g/mol. The average molecular weight is 412 g/mol. The first-order chi connectivity index (χ1) is 13.8. The molecule has 0 radical (unpaired) electrons. The van der Waals surface area contributed by atoms with Gasteiger partial charge in [0.25, 0.3) is 0 Å². The number of H-pyrrole nitrogens is 1. The van der Waals surface area contributed by atoms with E-state index < -0.39 is 0 Å². The second kappa shape index (κ2) is 7.88. The van der Waals surface area contributed by atoms with Crippen LogP contribution in [0.5, 0.6) is 0 Å². The van der Waals surface area contributed by atoms with Crippen molar-refractivity contribution >= 4 is 33.2 Å². The number of nitrogens with one attached hydrogen (secondary N) is 1. The number of fused-ring (bicyclic) bond motifs is 1. The zero-order valence-electron chi connectivity index (χ0n) is 17.6. The standard InChI is InChI=1S/C22H29N5OS/c1-15(11-16-13-23-18-8-6-5-7-17(16)18)12-19(28)20-24-25-21(29-20)27-10-9-26(4)22(2,3)14-27/h5-8,13,15,23H,9-12,14H2,1-4H3. The molecule has 1 aliphatic rings. The number of para-hydroxylation sites is 1. The SMILES string of the molecule is CC(CC(=O)c1nnc(N2CCN(C)C(C)(C)C2)s1)Cc1c[nH]c2ccccc12. The predicted molar refractivity (Wildman–Crippen MR) is 119 cm³/mol. The number of ketones is 1. The number of aromatic nitrogens is 3. The Morgan fingerprint density at radius 1 is 1.28 bits per heavy atom. The highest BCUT2D eigenvalue weighted by atomic mass is 32.1. The number of Topliss-reactive ketones (excluding diaryl/α,β-unsaturated/α-hetero) is 1. The predicted octanol–water partition coefficient (Wildman–Crippen LogP) is 4.00. The lowest BCUT2D eigenvalue weighted by Crippen LogP contribution is -2.57. The van der Waals surface area contributed by atoms with Crippen molar-refractivity contribution in [3.8, 4) is 0 Å². The number of aromatic amines is 1. The van der Waals surface area contributed by atoms with E-state index in [9.17, 15) is 4.79 Å². The smallest absolute Gasteiger partial charge is 0.208 e. The topological polar surface area (TPSA) is 65.1 Å². The zero-order valence-corrected chi connectivity index (χ0v) is 18.4. The fraction of sp³-hybridized carbons (Fsp3) is 0.500. The maximum atomic E-state index is 12.8. The number of rotatable bonds is 6. The molecule has 1 aliphatic heterocycles. The van der Waals surface area contributed by atoms with Gasteiger partial charge in [0.05, 0.1) is 0 Å². The second-order valence-electron chi connectivity index (χ2n) is 8.84. The molecule has 7 heteroatoms. The Labute approximate surface area is 175 Å². The maximum Gasteiger partial charge on any atom is 0.208 e. The van der Waals surface area contributed by atoms with Gasteiger partial charge in [0.1, 0.15) is 0 Å². The average Bonchev–Trinajstić information content (AvgIpc) is 3.32. The third-order valence-electron chi connectivity index (χ3n) is 6.02. The quantitative estimate of drug-likeness (QED) is 0.621. The van der Waals surface area contributed by atoms with Crippen LogP contribution < -0.4 is 4.90 Å². The molecule has 6 nitrogen and oxygen atoms in total. The summed E-state index contributed by atoms with van der Waals surface area (Å²) in [5, 5.41) is 11.2. The van der Waals surface area contributed by atoms with Crippen LogP contribution >= 0.6 is 11.3 Å². The Morgan fingerprint density at radius 2 is 2.07 bits per heavy atom. The molecule has 1 unspecified atom stereocenters. The molecule has 29 heavy (non-hydrogen) atoms. The van der Waals surface area contributed by atoms with Crippen molar-refractivity contribution in [3.63, 3.8) is 0 Å². The zero-order chi connectivity index (χ0) is 20.6. The Kier molecular flexibility index (Phi) is 5.44. The van der Waals surface area contributed by atoms with Crippen LogP contribution in [-0.2, 0) is 6.42 Å². The van der Waals surface area contributed by atoms with E-state index >= 15 is 0 Å². The molecule has 0 spiro atoms. The first-order valence-corrected chi connectivity index (χ1v) is 11.0. The highest BCUT2D eigenvalue weighted by Gasteiger charge is 2.32. The van der Waals surface area contributed by atoms with Crippen LogP contribution in [0.4, 0.5) is 5.13 Å². The third kappa shape index (κ3) is 4.21. The lowest BCUT2D eigenvalue weighted by Gasteiger charge is -2.45. The van der Waals surface area contributed by atoms with Gasteiger partial charge in [-0.3, -0.25) is 9.69 Å². The molecule has 0 aliphatic carbocycles. The summed E-state index contributed by atoms with van der Waals surface area (Å²) < 4.78 is 0. The van der Waals surface area contributed by atoms with E-state index in [1.807, 2.05) is 6.07 Å². The van der Waals surface area contributed by atoms with Crippen molar-refractivity contribution in [3.05, 3.63) is 41.0 Å². The Hall–Kier alpha value is -2.25. The molecule has 1 atom stereocenters. The van der Waals surface area contributed by atoms with Gasteiger partial charge in [-0.25, -0.2) is 0 Å². The normalized spacial score (nSPS) is 18.3. The van der Waals surface area contributed by atoms with Gasteiger partial charge in [-0.05, 0) is 44.9 Å². The number of likely N-dealkylation sites (N-methyl/N-ethyl adjacent to an activating group) is 1. The molecule has 3 aromatic rings. The molecule has 0 bridgehead atoms. The van der Waals surface area contributed by atoms with E-state index in [1.54, 1.807) is 0 Å². The number of carbonyl (C=O) groups excluding carboxylic acids is 1. The fourth-order valence-corrected chi connectivity index (χ4v) is 4.83. The van der Waals surface area contributed by atoms with Gasteiger partial charge in [0.2, 0.25) is 5.13 Å². The second-order valence-corrected chi connectivity index (χ2v) is 9.80. The number of piperazine rings is 1. The maximum absolute atomic E-state index is 12.8. The Bertz CT molecular complexity index is 1010. The van der Waals surface area contributed by atoms with Crippen molar-refractivity contribution in [2.24, 2.45) is 5.92 Å². The van der Waals surface area contributed by atoms with Crippen LogP contribution in [-0.4, -0.2) is 58.1 Å². The molecule has 2 aromatic heterocycles. The number of nitrogens with zero attached hydrogens (tertiary/aromatic N) is 4. The summed E-state index contributed by atoms with van der Waals surface area (Å²) in [6, 6.07) is 8.29. The Balaban J connectivity index is 1.39. The lowest BCUT2D eigenvalue weighted by atomic mass is 9.96. The summed E-state index contributed by atoms with van der Waals surface area (Å²) in [4.78, 5) is 20.7. The number of hydrogen-bond acceptors (Lipinski definition) is 6. The summed E-state index contributed by atoms with van der Waals surface area (Å²) in [5.41, 5.74) is 2.49. The first-order valence-electron chi connectivity index (χ1n) is 10.2. The van der Waals surface area contributed by atoms with Gasteiger partial charge in [-0.1, -0.05) is 36.5 Å². The van der Waals surface area contributed by atoms with Gasteiger partial charge in [0.15, 0.2) is 10.8 Å². The van der Waals surface area contributed by atoms with Crippen LogP contribution in [0.3, 0.4) is 0 Å². The van der Waals surface area contributed by atoms with Crippen LogP contribution in [0, 0.1) is 5.92 Å². The van der Waals surface area contributed by atoms with Crippen molar-refractivity contribution in [2.75, 3.05) is 31.6 Å². The largest absolute Gasteiger partial charge is 0.361 e. The highest BCUT2D eigenvalue weighted by molar-refractivity contribution is 7.17. The number of hydrogen-bond donors (Lipinski definition) is 1. The molecule has 154 valence electrons. The van der Waals surface area contributed by atoms with Crippen molar-refractivity contribution in [1.29, 1.82) is 0 Å². The van der Waals surface area contributed by atoms with E-state index in [0.717, 1.165) is 36.7 Å². The molecule has 0 amide bonds. The number of benzene rings is 1. The third-order valence-corrected chi connectivity index (χ3v) is 7.04. The van der Waals surface area contributed by atoms with E-state index in [-0.39, 0.29) is 17.2 Å². The summed E-state index contributed by atoms with van der Waals surface area (Å²) in [6.45, 7) is 9.39. The van der Waals surface area contributed by atoms with E-state index in [0.29, 0.717) is 11.4 Å². The molecule has 0 saturated carbocycles. The summed E-state index contributed by atoms with van der Waals surface area (Å²) in [6.07, 6.45) is 3.42. The van der Waals surface area contributed by atoms with Gasteiger partial charge >= 0.3 is 0 Å². The highest BCUT2D eigenvalue weighted by Crippen LogP contribution is 2.28. The molecule has 1 N–H and O–H groups in total. The fourth-order valence-electron chi connectivity index (χ4n) is 4.01. The summed E-state index contributed by atoms with van der Waals surface area (Å²) in [7, 11) is 2.15. The molecule has 4 rings (SSSR count). The van der Waals surface area contributed by atoms with Gasteiger partial charge in [-0.15, -0.1) is 10.2 Å². The van der Waals surface area contributed by atoms with Crippen LogP contribution in [0.2, 0.25) is 0 Å². The van der Waals surface area contributed by atoms with E-state index in [4.69, 9.17) is 0 Å². The van der Waals surface area contributed by atoms with Crippen molar-refractivity contribution in [2.45, 2.75) is 39.2 Å². The first kappa shape index (κ1) is 20.0. The molecular formula is C22H29N5OS. The summed E-state index contributed by atoms with van der Waals surface area (Å²) >= 11 is 1.43. The van der Waals surface area contributed by atoms with E-state index in [1.165, 1.54) is 22.3 Å². The molecule has 1 saturated heterocycles. The van der Waals surface area contributed by atoms with E-state index in [2.05, 4.69) is 77.2 Å². The van der Waals surface area contributed by atoms with Crippen LogP contribution in [0.25, 0.3) is 10.9 Å². The van der Waals surface area contributed by atoms with Crippen molar-refractivity contribution < 1.29 is 4.79 Å². The molecule has 1 fully saturated rings. The van der Waals surface area contributed by atoms with Gasteiger partial charge in [0, 0.05) is 48.7 Å². The Morgan fingerprint density at radius 3 is 2.86 bits per heavy atom. The minimum absolute atomic E-state index is 0.0853. The molecule has 3 heterocycles. The van der Waals surface area contributed by atoms with Crippen LogP contribution in [0.15, 0.2) is 30.5 Å². The minimum atomic E-state index is 0.0853.